The molecule has 1 aliphatic heterocycles. The SMILES string of the molecule is Cl.FC1(F)CCC12CCN2. The van der Waals surface area contributed by atoms with E-state index in [-0.39, 0.29) is 18.8 Å². The van der Waals surface area contributed by atoms with Gasteiger partial charge in [0.25, 0.3) is 5.92 Å². The fourth-order valence-electron chi connectivity index (χ4n) is 1.57. The molecule has 0 radical (unpaired) electrons. The Labute approximate surface area is 64.6 Å². The monoisotopic (exact) mass is 169 g/mol. The van der Waals surface area contributed by atoms with Gasteiger partial charge < -0.3 is 5.32 Å². The zero-order chi connectivity index (χ0) is 6.54. The standard InChI is InChI=1S/C6H9F2N.ClH/c7-6(8)2-1-5(6)3-4-9-5;/h9H,1-4H2;1H. The molecule has 4 heteroatoms. The van der Waals surface area contributed by atoms with Crippen LogP contribution in [0.5, 0.6) is 0 Å². The predicted molar refractivity (Wildman–Crippen MR) is 36.8 cm³/mol. The van der Waals surface area contributed by atoms with Crippen LogP contribution in [0.2, 0.25) is 0 Å². The maximum Gasteiger partial charge on any atom is 0.266 e. The molecule has 1 aliphatic carbocycles. The van der Waals surface area contributed by atoms with Gasteiger partial charge in [-0.25, -0.2) is 8.78 Å². The summed E-state index contributed by atoms with van der Waals surface area (Å²) >= 11 is 0. The molecule has 1 saturated heterocycles. The van der Waals surface area contributed by atoms with E-state index in [2.05, 4.69) is 5.32 Å². The van der Waals surface area contributed by atoms with E-state index in [1.807, 2.05) is 0 Å². The van der Waals surface area contributed by atoms with E-state index in [0.717, 1.165) is 6.54 Å². The Hall–Kier alpha value is 0.110. The highest BCUT2D eigenvalue weighted by Gasteiger charge is 2.64. The zero-order valence-corrected chi connectivity index (χ0v) is 6.31. The molecule has 1 heterocycles. The number of nitrogens with one attached hydrogen (secondary N) is 1. The summed E-state index contributed by atoms with van der Waals surface area (Å²) in [6.07, 6.45) is 1.42. The van der Waals surface area contributed by atoms with E-state index < -0.39 is 11.5 Å². The van der Waals surface area contributed by atoms with Gasteiger partial charge in [-0.3, -0.25) is 0 Å². The number of hydrogen-bond donors (Lipinski definition) is 1. The van der Waals surface area contributed by atoms with Crippen molar-refractivity contribution in [3.63, 3.8) is 0 Å². The first-order chi connectivity index (χ1) is 4.16. The highest BCUT2D eigenvalue weighted by atomic mass is 35.5. The van der Waals surface area contributed by atoms with E-state index in [1.54, 1.807) is 0 Å². The second-order valence-corrected chi connectivity index (χ2v) is 2.96. The molecule has 0 bridgehead atoms. The zero-order valence-electron chi connectivity index (χ0n) is 5.49. The minimum Gasteiger partial charge on any atom is -0.306 e. The van der Waals surface area contributed by atoms with Gasteiger partial charge in [-0.2, -0.15) is 0 Å². The number of hydrogen-bond acceptors (Lipinski definition) is 1. The Balaban J connectivity index is 0.000000500. The molecule has 2 fully saturated rings. The lowest BCUT2D eigenvalue weighted by atomic mass is 9.66. The molecular formula is C6H10ClF2N. The van der Waals surface area contributed by atoms with Crippen LogP contribution in [0.15, 0.2) is 0 Å². The van der Waals surface area contributed by atoms with Crippen molar-refractivity contribution in [1.29, 1.82) is 0 Å². The first-order valence-corrected chi connectivity index (χ1v) is 3.29. The van der Waals surface area contributed by atoms with E-state index >= 15 is 0 Å². The van der Waals surface area contributed by atoms with Gasteiger partial charge in [0.2, 0.25) is 0 Å². The summed E-state index contributed by atoms with van der Waals surface area (Å²) < 4.78 is 25.2. The van der Waals surface area contributed by atoms with Crippen LogP contribution in [-0.4, -0.2) is 18.0 Å². The molecule has 0 aromatic carbocycles. The van der Waals surface area contributed by atoms with Gasteiger partial charge in [0.1, 0.15) is 0 Å². The first-order valence-electron chi connectivity index (χ1n) is 3.29. The van der Waals surface area contributed by atoms with Crippen molar-refractivity contribution in [1.82, 2.24) is 5.32 Å². The number of alkyl halides is 2. The maximum atomic E-state index is 12.6. The van der Waals surface area contributed by atoms with Gasteiger partial charge in [0.05, 0.1) is 5.54 Å². The fraction of sp³-hybridized carbons (Fsp3) is 1.00. The molecule has 1 saturated carbocycles. The van der Waals surface area contributed by atoms with Crippen LogP contribution in [0.4, 0.5) is 8.78 Å². The molecule has 0 aromatic rings. The minimum atomic E-state index is -2.40. The number of halogens is 3. The summed E-state index contributed by atoms with van der Waals surface area (Å²) in [5, 5.41) is 2.80. The van der Waals surface area contributed by atoms with Crippen molar-refractivity contribution in [3.8, 4) is 0 Å². The van der Waals surface area contributed by atoms with Crippen LogP contribution in [0, 0.1) is 0 Å². The lowest BCUT2D eigenvalue weighted by Gasteiger charge is -2.55. The Morgan fingerprint density at radius 2 is 1.70 bits per heavy atom. The molecule has 10 heavy (non-hydrogen) atoms. The summed E-state index contributed by atoms with van der Waals surface area (Å²) in [5.74, 6) is -2.40. The van der Waals surface area contributed by atoms with Crippen LogP contribution in [0.3, 0.4) is 0 Å². The van der Waals surface area contributed by atoms with E-state index in [0.29, 0.717) is 12.8 Å². The lowest BCUT2D eigenvalue weighted by Crippen LogP contribution is -2.73. The third-order valence-electron chi connectivity index (χ3n) is 2.58. The van der Waals surface area contributed by atoms with Gasteiger partial charge >= 0.3 is 0 Å². The van der Waals surface area contributed by atoms with Crippen LogP contribution >= 0.6 is 12.4 Å². The third-order valence-corrected chi connectivity index (χ3v) is 2.58. The van der Waals surface area contributed by atoms with E-state index in [1.165, 1.54) is 0 Å². The van der Waals surface area contributed by atoms with Crippen LogP contribution < -0.4 is 5.32 Å². The summed E-state index contributed by atoms with van der Waals surface area (Å²) in [6, 6.07) is 0. The number of rotatable bonds is 0. The molecule has 1 nitrogen and oxygen atoms in total. The van der Waals surface area contributed by atoms with Crippen LogP contribution in [-0.2, 0) is 0 Å². The summed E-state index contributed by atoms with van der Waals surface area (Å²) in [5.41, 5.74) is -0.743. The molecule has 2 aliphatic rings. The molecule has 1 spiro atoms. The largest absolute Gasteiger partial charge is 0.306 e. The minimum absolute atomic E-state index is 0. The van der Waals surface area contributed by atoms with E-state index in [9.17, 15) is 8.78 Å². The van der Waals surface area contributed by atoms with Crippen LogP contribution in [0.25, 0.3) is 0 Å². The lowest BCUT2D eigenvalue weighted by molar-refractivity contribution is -0.191. The maximum absolute atomic E-state index is 12.6. The molecule has 2 rings (SSSR count). The Morgan fingerprint density at radius 1 is 1.10 bits per heavy atom. The van der Waals surface area contributed by atoms with Gasteiger partial charge in [0, 0.05) is 6.42 Å². The summed E-state index contributed by atoms with van der Waals surface area (Å²) in [4.78, 5) is 0. The van der Waals surface area contributed by atoms with Crippen LogP contribution in [0.1, 0.15) is 19.3 Å². The second-order valence-electron chi connectivity index (χ2n) is 2.96. The normalized spacial score (nSPS) is 41.4. The summed E-state index contributed by atoms with van der Waals surface area (Å²) in [7, 11) is 0. The topological polar surface area (TPSA) is 12.0 Å². The van der Waals surface area contributed by atoms with Crippen molar-refractivity contribution in [2.75, 3.05) is 6.54 Å². The first kappa shape index (κ1) is 8.21. The quantitative estimate of drug-likeness (QED) is 0.581. The second kappa shape index (κ2) is 2.05. The van der Waals surface area contributed by atoms with E-state index in [4.69, 9.17) is 0 Å². The van der Waals surface area contributed by atoms with Gasteiger partial charge in [-0.1, -0.05) is 0 Å². The van der Waals surface area contributed by atoms with Crippen molar-refractivity contribution in [2.45, 2.75) is 30.7 Å². The molecule has 0 aromatic heterocycles. The Bertz CT molecular complexity index is 139. The molecule has 1 unspecified atom stereocenters. The predicted octanol–water partition coefficient (Wildman–Crippen LogP) is 1.57. The van der Waals surface area contributed by atoms with Crippen molar-refractivity contribution in [3.05, 3.63) is 0 Å². The molecule has 0 amide bonds. The summed E-state index contributed by atoms with van der Waals surface area (Å²) in [6.45, 7) is 0.773. The highest BCUT2D eigenvalue weighted by Crippen LogP contribution is 2.51. The van der Waals surface area contributed by atoms with Crippen molar-refractivity contribution < 1.29 is 8.78 Å². The van der Waals surface area contributed by atoms with Gasteiger partial charge in [-0.15, -0.1) is 12.4 Å². The average molecular weight is 170 g/mol. The third kappa shape index (κ3) is 0.705. The molecular weight excluding hydrogens is 160 g/mol. The molecule has 1 atom stereocenters. The Kier molecular flexibility index (Phi) is 1.68. The van der Waals surface area contributed by atoms with Gasteiger partial charge in [0.15, 0.2) is 0 Å². The van der Waals surface area contributed by atoms with Gasteiger partial charge in [-0.05, 0) is 19.4 Å². The Morgan fingerprint density at radius 3 is 1.70 bits per heavy atom. The average Bonchev–Trinajstić information content (AvgIpc) is 1.59. The van der Waals surface area contributed by atoms with Crippen molar-refractivity contribution >= 4 is 12.4 Å². The fourth-order valence-corrected chi connectivity index (χ4v) is 1.57. The van der Waals surface area contributed by atoms with Crippen molar-refractivity contribution in [2.24, 2.45) is 0 Å². The smallest absolute Gasteiger partial charge is 0.266 e. The highest BCUT2D eigenvalue weighted by molar-refractivity contribution is 5.85. The molecule has 60 valence electrons. The molecule has 1 N–H and O–H groups in total.